The second-order valence-electron chi connectivity index (χ2n) is 5.20. The van der Waals surface area contributed by atoms with Crippen LogP contribution in [0, 0.1) is 0 Å². The molecule has 1 atom stereocenters. The molecule has 1 aliphatic heterocycles. The maximum atomic E-state index is 12.3. The van der Waals surface area contributed by atoms with Crippen LogP contribution in [0.3, 0.4) is 0 Å². The molecule has 1 amide bonds. The Bertz CT molecular complexity index is 304. The average molecular weight is 287 g/mol. The van der Waals surface area contributed by atoms with E-state index in [2.05, 4.69) is 4.90 Å². The van der Waals surface area contributed by atoms with Gasteiger partial charge in [-0.15, -0.1) is 0 Å². The lowest BCUT2D eigenvalue weighted by Gasteiger charge is -2.25. The van der Waals surface area contributed by atoms with E-state index in [1.54, 1.807) is 0 Å². The molecule has 1 saturated heterocycles. The first kappa shape index (κ1) is 16.3. The van der Waals surface area contributed by atoms with E-state index < -0.39 is 0 Å². The molecule has 1 rings (SSSR count). The summed E-state index contributed by atoms with van der Waals surface area (Å²) < 4.78 is 5.46. The minimum atomic E-state index is -0.259. The van der Waals surface area contributed by atoms with Crippen molar-refractivity contribution < 1.29 is 9.53 Å². The fourth-order valence-electron chi connectivity index (χ4n) is 2.13. The monoisotopic (exact) mass is 287 g/mol. The first-order chi connectivity index (χ1) is 9.00. The van der Waals surface area contributed by atoms with E-state index in [0.717, 1.165) is 32.4 Å². The third kappa shape index (κ3) is 6.31. The van der Waals surface area contributed by atoms with Crippen LogP contribution < -0.4 is 5.73 Å². The van der Waals surface area contributed by atoms with Crippen LogP contribution in [-0.2, 0) is 9.53 Å². The Morgan fingerprint density at radius 3 is 2.63 bits per heavy atom. The lowest BCUT2D eigenvalue weighted by molar-refractivity contribution is -0.140. The summed E-state index contributed by atoms with van der Waals surface area (Å²) in [5, 5.41) is 0. The van der Waals surface area contributed by atoms with Crippen molar-refractivity contribution >= 4 is 23.1 Å². The molecule has 0 aromatic heterocycles. The molecule has 1 fully saturated rings. The molecule has 110 valence electrons. The highest BCUT2D eigenvalue weighted by Gasteiger charge is 2.27. The third-order valence-corrected chi connectivity index (χ3v) is 3.38. The van der Waals surface area contributed by atoms with E-state index >= 15 is 0 Å². The number of ether oxygens (including phenoxy) is 1. The molecule has 1 unspecified atom stereocenters. The summed E-state index contributed by atoms with van der Waals surface area (Å²) in [6.45, 7) is 2.99. The number of amides is 1. The molecule has 19 heavy (non-hydrogen) atoms. The Hall–Kier alpha value is -0.720. The van der Waals surface area contributed by atoms with Gasteiger partial charge in [0.2, 0.25) is 0 Å². The Labute approximate surface area is 121 Å². The maximum absolute atomic E-state index is 12.3. The standard InChI is InChI=1S/C13H25N3O2S/c1-15(2)7-4-8-16(9-6-12(14)19)13(17)11-5-3-10-18-11/h11H,3-10H2,1-2H3,(H2,14,19). The lowest BCUT2D eigenvalue weighted by atomic mass is 10.2. The van der Waals surface area contributed by atoms with E-state index in [0.29, 0.717) is 24.6 Å². The van der Waals surface area contributed by atoms with Gasteiger partial charge in [-0.3, -0.25) is 4.79 Å². The number of rotatable bonds is 8. The van der Waals surface area contributed by atoms with E-state index in [1.807, 2.05) is 19.0 Å². The number of nitrogens with zero attached hydrogens (tertiary/aromatic N) is 2. The molecule has 0 spiro atoms. The lowest BCUT2D eigenvalue weighted by Crippen LogP contribution is -2.41. The predicted octanol–water partition coefficient (Wildman–Crippen LogP) is 0.622. The molecule has 0 radical (unpaired) electrons. The van der Waals surface area contributed by atoms with Crippen LogP contribution in [0.15, 0.2) is 0 Å². The first-order valence-electron chi connectivity index (χ1n) is 6.84. The predicted molar refractivity (Wildman–Crippen MR) is 80.1 cm³/mol. The van der Waals surface area contributed by atoms with Crippen LogP contribution in [0.5, 0.6) is 0 Å². The molecular formula is C13H25N3O2S. The van der Waals surface area contributed by atoms with Gasteiger partial charge in [0.15, 0.2) is 0 Å². The zero-order chi connectivity index (χ0) is 14.3. The van der Waals surface area contributed by atoms with Gasteiger partial charge in [0.05, 0.1) is 4.99 Å². The molecule has 0 aromatic rings. The van der Waals surface area contributed by atoms with Crippen LogP contribution in [0.25, 0.3) is 0 Å². The van der Waals surface area contributed by atoms with Gasteiger partial charge < -0.3 is 20.3 Å². The van der Waals surface area contributed by atoms with Gasteiger partial charge in [-0.05, 0) is 39.9 Å². The first-order valence-corrected chi connectivity index (χ1v) is 7.25. The van der Waals surface area contributed by atoms with Crippen molar-refractivity contribution in [1.82, 2.24) is 9.80 Å². The average Bonchev–Trinajstić information content (AvgIpc) is 2.85. The fourth-order valence-corrected chi connectivity index (χ4v) is 2.22. The zero-order valence-electron chi connectivity index (χ0n) is 11.9. The van der Waals surface area contributed by atoms with Gasteiger partial charge >= 0.3 is 0 Å². The fraction of sp³-hybridized carbons (Fsp3) is 0.846. The van der Waals surface area contributed by atoms with Crippen molar-refractivity contribution in [1.29, 1.82) is 0 Å². The Morgan fingerprint density at radius 1 is 1.37 bits per heavy atom. The van der Waals surface area contributed by atoms with Crippen LogP contribution >= 0.6 is 12.2 Å². The van der Waals surface area contributed by atoms with Gasteiger partial charge in [0.1, 0.15) is 6.10 Å². The summed E-state index contributed by atoms with van der Waals surface area (Å²) >= 11 is 4.89. The molecule has 5 nitrogen and oxygen atoms in total. The number of thiocarbonyl (C=S) groups is 1. The van der Waals surface area contributed by atoms with E-state index in [4.69, 9.17) is 22.7 Å². The van der Waals surface area contributed by atoms with Crippen molar-refractivity contribution in [2.75, 3.05) is 40.3 Å². The van der Waals surface area contributed by atoms with Gasteiger partial charge in [-0.1, -0.05) is 12.2 Å². The molecule has 0 aliphatic carbocycles. The van der Waals surface area contributed by atoms with Gasteiger partial charge in [-0.2, -0.15) is 0 Å². The van der Waals surface area contributed by atoms with Crippen molar-refractivity contribution in [3.05, 3.63) is 0 Å². The summed E-state index contributed by atoms with van der Waals surface area (Å²) in [7, 11) is 4.06. The SMILES string of the molecule is CN(C)CCCN(CCC(N)=S)C(=O)C1CCCO1. The number of carbonyl (C=O) groups excluding carboxylic acids is 1. The summed E-state index contributed by atoms with van der Waals surface area (Å²) in [6, 6.07) is 0. The number of hydrogen-bond donors (Lipinski definition) is 1. The summed E-state index contributed by atoms with van der Waals surface area (Å²) in [4.78, 5) is 16.8. The van der Waals surface area contributed by atoms with Crippen molar-refractivity contribution in [3.8, 4) is 0 Å². The summed E-state index contributed by atoms with van der Waals surface area (Å²) in [5.74, 6) is 0.0903. The molecule has 0 saturated carbocycles. The Balaban J connectivity index is 2.46. The van der Waals surface area contributed by atoms with E-state index in [9.17, 15) is 4.79 Å². The molecule has 0 bridgehead atoms. The molecule has 6 heteroatoms. The second kappa shape index (κ2) is 8.45. The normalized spacial score (nSPS) is 18.8. The smallest absolute Gasteiger partial charge is 0.251 e. The maximum Gasteiger partial charge on any atom is 0.251 e. The molecule has 1 aliphatic rings. The van der Waals surface area contributed by atoms with Gasteiger partial charge in [0, 0.05) is 26.1 Å². The third-order valence-electron chi connectivity index (χ3n) is 3.18. The number of hydrogen-bond acceptors (Lipinski definition) is 4. The highest BCUT2D eigenvalue weighted by Crippen LogP contribution is 2.15. The summed E-state index contributed by atoms with van der Waals surface area (Å²) in [6.07, 6.45) is 3.07. The summed E-state index contributed by atoms with van der Waals surface area (Å²) in [5.41, 5.74) is 5.53. The number of nitrogens with two attached hydrogens (primary N) is 1. The van der Waals surface area contributed by atoms with Crippen LogP contribution in [0.1, 0.15) is 25.7 Å². The van der Waals surface area contributed by atoms with Crippen molar-refractivity contribution in [2.24, 2.45) is 5.73 Å². The number of carbonyl (C=O) groups is 1. The van der Waals surface area contributed by atoms with Gasteiger partial charge in [-0.25, -0.2) is 0 Å². The van der Waals surface area contributed by atoms with Crippen LogP contribution in [0.2, 0.25) is 0 Å². The minimum Gasteiger partial charge on any atom is -0.393 e. The van der Waals surface area contributed by atoms with E-state index in [1.165, 1.54) is 0 Å². The highest BCUT2D eigenvalue weighted by molar-refractivity contribution is 7.80. The zero-order valence-corrected chi connectivity index (χ0v) is 12.7. The second-order valence-corrected chi connectivity index (χ2v) is 5.72. The van der Waals surface area contributed by atoms with Crippen LogP contribution in [0.4, 0.5) is 0 Å². The van der Waals surface area contributed by atoms with Crippen LogP contribution in [-0.4, -0.2) is 67.1 Å². The Kier molecular flexibility index (Phi) is 7.27. The quantitative estimate of drug-likeness (QED) is 0.663. The van der Waals surface area contributed by atoms with Gasteiger partial charge in [0.25, 0.3) is 5.91 Å². The topological polar surface area (TPSA) is 58.8 Å². The molecule has 2 N–H and O–H groups in total. The molecule has 1 heterocycles. The molecule has 0 aromatic carbocycles. The largest absolute Gasteiger partial charge is 0.393 e. The van der Waals surface area contributed by atoms with Crippen molar-refractivity contribution in [2.45, 2.75) is 31.8 Å². The molecular weight excluding hydrogens is 262 g/mol. The van der Waals surface area contributed by atoms with E-state index in [-0.39, 0.29) is 12.0 Å². The Morgan fingerprint density at radius 2 is 2.11 bits per heavy atom. The highest BCUT2D eigenvalue weighted by atomic mass is 32.1. The minimum absolute atomic E-state index is 0.0903. The van der Waals surface area contributed by atoms with Crippen molar-refractivity contribution in [3.63, 3.8) is 0 Å².